The van der Waals surface area contributed by atoms with E-state index < -0.39 is 20.8 Å². The van der Waals surface area contributed by atoms with Crippen molar-refractivity contribution in [1.29, 1.82) is 0 Å². The molecule has 11 nitrogen and oxygen atoms in total. The molecule has 0 spiro atoms. The molecule has 1 aromatic carbocycles. The maximum absolute atomic E-state index is 9.51. The summed E-state index contributed by atoms with van der Waals surface area (Å²) in [7, 11) is -5.96. The van der Waals surface area contributed by atoms with Crippen LogP contribution in [0, 0.1) is 0 Å². The second kappa shape index (κ2) is 10.4. The molecule has 0 bridgehead atoms. The Morgan fingerprint density at radius 3 is 1.38 bits per heavy atom. The van der Waals surface area contributed by atoms with Gasteiger partial charge in [0.1, 0.15) is 0 Å². The molecular weight excluding hydrogens is 330 g/mol. The third-order valence-corrected chi connectivity index (χ3v) is 2.04. The molecule has 0 saturated carbocycles. The molecule has 0 saturated heterocycles. The molecule has 1 rings (SSSR count). The Balaban J connectivity index is -0.000000282. The Morgan fingerprint density at radius 1 is 0.857 bits per heavy atom. The smallest absolute Gasteiger partial charge is 0.378 e. The van der Waals surface area contributed by atoms with Crippen LogP contribution in [-0.2, 0) is 29.5 Å². The summed E-state index contributed by atoms with van der Waals surface area (Å²) in [6.07, 6.45) is 0. The topological polar surface area (TPSA) is 200 Å². The van der Waals surface area contributed by atoms with E-state index in [-0.39, 0.29) is 12.3 Å². The predicted octanol–water partition coefficient (Wildman–Crippen LogP) is 0.617. The fraction of sp³-hybridized carbons (Fsp3) is 0.250. The van der Waals surface area contributed by atoms with Crippen LogP contribution in [0.2, 0.25) is 0 Å². The molecule has 0 heterocycles. The van der Waals surface area contributed by atoms with Crippen LogP contribution >= 0.6 is 0 Å². The normalized spacial score (nSPS) is 10.3. The van der Waals surface area contributed by atoms with E-state index >= 15 is 0 Å². The molecule has 0 aliphatic carbocycles. The molecule has 0 aliphatic rings. The van der Waals surface area contributed by atoms with Crippen LogP contribution in [0.5, 0.6) is 0 Å². The Kier molecular flexibility index (Phi) is 12.2. The minimum absolute atomic E-state index is 0. The van der Waals surface area contributed by atoms with Gasteiger partial charge in [-0.05, 0) is 12.1 Å². The van der Waals surface area contributed by atoms with Crippen molar-refractivity contribution in [3.63, 3.8) is 0 Å². The highest BCUT2D eigenvalue weighted by molar-refractivity contribution is 7.83. The van der Waals surface area contributed by atoms with Gasteiger partial charge in [-0.15, -0.1) is 0 Å². The molecule has 1 aromatic rings. The lowest BCUT2D eigenvalue weighted by Crippen LogP contribution is -2.10. The lowest BCUT2D eigenvalue weighted by Gasteiger charge is -2.10. The van der Waals surface area contributed by atoms with Crippen molar-refractivity contribution >= 4 is 26.5 Å². The van der Waals surface area contributed by atoms with E-state index in [1.165, 1.54) is 5.69 Å². The van der Waals surface area contributed by atoms with Crippen molar-refractivity contribution in [3.8, 4) is 0 Å². The van der Waals surface area contributed by atoms with Gasteiger partial charge < -0.3 is 17.2 Å². The molecular formula is C8H19N3O8S2. The number of hydrogen-bond acceptors (Lipinski definition) is 9. The van der Waals surface area contributed by atoms with Crippen molar-refractivity contribution in [2.24, 2.45) is 0 Å². The summed E-state index contributed by atoms with van der Waals surface area (Å²) in [5.74, 6) is 0. The van der Waals surface area contributed by atoms with E-state index in [0.29, 0.717) is 0 Å². The van der Waals surface area contributed by atoms with Crippen LogP contribution in [0.3, 0.4) is 0 Å². The van der Waals surface area contributed by atoms with Crippen LogP contribution in [0.1, 0.15) is 0 Å². The highest BCUT2D eigenvalue weighted by Crippen LogP contribution is 2.07. The van der Waals surface area contributed by atoms with E-state index in [2.05, 4.69) is 25.7 Å². The zero-order chi connectivity index (χ0) is 15.1. The monoisotopic (exact) mass is 349 g/mol. The molecule has 0 amide bonds. The minimum Gasteiger partial charge on any atom is -0.378 e. The minimum atomic E-state index is -5.02. The average Bonchev–Trinajstić information content (AvgIpc) is 2.27. The van der Waals surface area contributed by atoms with Gasteiger partial charge in [0.05, 0.1) is 0 Å². The van der Waals surface area contributed by atoms with Crippen LogP contribution in [-0.4, -0.2) is 40.0 Å². The van der Waals surface area contributed by atoms with E-state index in [0.717, 1.165) is 0 Å². The molecule has 0 radical (unpaired) electrons. The SMILES string of the molecule is CN(C)c1ccccc1.N.N.O=S(=O)(O)OOS(=O)(=O)O. The predicted molar refractivity (Wildman–Crippen MR) is 76.1 cm³/mol. The number of para-hydroxylation sites is 1. The highest BCUT2D eigenvalue weighted by Gasteiger charge is 2.13. The van der Waals surface area contributed by atoms with Gasteiger partial charge in [-0.3, -0.25) is 9.11 Å². The van der Waals surface area contributed by atoms with Gasteiger partial charge in [0.25, 0.3) is 0 Å². The van der Waals surface area contributed by atoms with Crippen molar-refractivity contribution in [1.82, 2.24) is 12.3 Å². The lowest BCUT2D eigenvalue weighted by molar-refractivity contribution is -0.105. The summed E-state index contributed by atoms with van der Waals surface area (Å²) in [5.41, 5.74) is 1.25. The summed E-state index contributed by atoms with van der Waals surface area (Å²) in [4.78, 5) is 2.08. The van der Waals surface area contributed by atoms with Gasteiger partial charge in [0.2, 0.25) is 0 Å². The molecule has 0 aliphatic heterocycles. The van der Waals surface area contributed by atoms with Crippen molar-refractivity contribution in [3.05, 3.63) is 30.3 Å². The van der Waals surface area contributed by atoms with Crippen LogP contribution in [0.15, 0.2) is 30.3 Å². The summed E-state index contributed by atoms with van der Waals surface area (Å²) in [5, 5.41) is 0. The van der Waals surface area contributed by atoms with Crippen LogP contribution in [0.4, 0.5) is 5.69 Å². The van der Waals surface area contributed by atoms with Gasteiger partial charge >= 0.3 is 20.8 Å². The van der Waals surface area contributed by atoms with Crippen LogP contribution in [0.25, 0.3) is 0 Å². The number of rotatable bonds is 4. The number of hydrogen-bond donors (Lipinski definition) is 4. The Morgan fingerprint density at radius 2 is 1.19 bits per heavy atom. The Bertz CT molecular complexity index is 541. The van der Waals surface area contributed by atoms with Gasteiger partial charge in [-0.2, -0.15) is 16.8 Å². The molecule has 0 unspecified atom stereocenters. The van der Waals surface area contributed by atoms with Crippen molar-refractivity contribution in [2.75, 3.05) is 19.0 Å². The molecule has 0 atom stereocenters. The summed E-state index contributed by atoms with van der Waals surface area (Å²) in [6, 6.07) is 10.3. The first-order valence-corrected chi connectivity index (χ1v) is 7.29. The highest BCUT2D eigenvalue weighted by atomic mass is 32.3. The molecule has 8 N–H and O–H groups in total. The second-order valence-electron chi connectivity index (χ2n) is 3.22. The maximum Gasteiger partial charge on any atom is 0.425 e. The van der Waals surface area contributed by atoms with Crippen molar-refractivity contribution in [2.45, 2.75) is 0 Å². The van der Waals surface area contributed by atoms with Gasteiger partial charge in [-0.1, -0.05) is 26.9 Å². The van der Waals surface area contributed by atoms with Gasteiger partial charge in [0, 0.05) is 19.8 Å². The van der Waals surface area contributed by atoms with Gasteiger partial charge in [0.15, 0.2) is 0 Å². The third-order valence-electron chi connectivity index (χ3n) is 1.47. The number of nitrogens with zero attached hydrogens (tertiary/aromatic N) is 1. The molecule has 126 valence electrons. The number of anilines is 1. The third kappa shape index (κ3) is 16.6. The first kappa shape index (κ1) is 24.7. The first-order chi connectivity index (χ1) is 8.51. The van der Waals surface area contributed by atoms with E-state index in [9.17, 15) is 16.8 Å². The standard InChI is InChI=1S/C8H11N.2H3N.H2O8S2/c1-9(2)8-6-4-3-5-7-8;;;1-9(2,3)7-8-10(4,5)6/h3-7H,1-2H3;2*1H3;(H,1,2,3)(H,4,5,6). The van der Waals surface area contributed by atoms with E-state index in [1.54, 1.807) is 0 Å². The van der Waals surface area contributed by atoms with E-state index in [1.807, 2.05) is 32.3 Å². The lowest BCUT2D eigenvalue weighted by atomic mass is 10.3. The molecule has 13 heteroatoms. The number of benzene rings is 1. The Labute approximate surface area is 123 Å². The fourth-order valence-corrected chi connectivity index (χ4v) is 1.36. The maximum atomic E-state index is 9.51. The summed E-state index contributed by atoms with van der Waals surface area (Å²) < 4.78 is 58.9. The quantitative estimate of drug-likeness (QED) is 0.337. The van der Waals surface area contributed by atoms with E-state index in [4.69, 9.17) is 9.11 Å². The second-order valence-corrected chi connectivity index (χ2v) is 5.20. The fourth-order valence-electron chi connectivity index (χ4n) is 0.796. The Hall–Kier alpha value is -1.32. The average molecular weight is 349 g/mol. The van der Waals surface area contributed by atoms with Gasteiger partial charge in [-0.25, -0.2) is 0 Å². The van der Waals surface area contributed by atoms with Crippen molar-refractivity contribution < 1.29 is 34.6 Å². The first-order valence-electron chi connectivity index (χ1n) is 4.56. The molecule has 0 fully saturated rings. The zero-order valence-electron chi connectivity index (χ0n) is 11.4. The molecule has 21 heavy (non-hydrogen) atoms. The van der Waals surface area contributed by atoms with Crippen LogP contribution < -0.4 is 17.2 Å². The zero-order valence-corrected chi connectivity index (χ0v) is 13.0. The largest absolute Gasteiger partial charge is 0.425 e. The summed E-state index contributed by atoms with van der Waals surface area (Å²) >= 11 is 0. The molecule has 0 aromatic heterocycles. The summed E-state index contributed by atoms with van der Waals surface area (Å²) in [6.45, 7) is 0.